The van der Waals surface area contributed by atoms with Gasteiger partial charge in [-0.1, -0.05) is 36.8 Å². The van der Waals surface area contributed by atoms with Crippen LogP contribution in [-0.2, 0) is 0 Å². The number of hydrogen-bond donors (Lipinski definition) is 0. The number of rotatable bonds is 3. The molecule has 1 rings (SSSR count). The van der Waals surface area contributed by atoms with E-state index in [1.165, 1.54) is 0 Å². The van der Waals surface area contributed by atoms with Crippen molar-refractivity contribution >= 4 is 11.8 Å². The van der Waals surface area contributed by atoms with E-state index < -0.39 is 11.4 Å². The molecule has 0 fully saturated rings. The second-order valence-corrected chi connectivity index (χ2v) is 4.67. The minimum absolute atomic E-state index is 0.333. The normalized spacial score (nSPS) is 13.9. The van der Waals surface area contributed by atoms with E-state index in [1.54, 1.807) is 31.2 Å². The van der Waals surface area contributed by atoms with E-state index in [1.807, 2.05) is 6.92 Å². The van der Waals surface area contributed by atoms with Crippen LogP contribution >= 0.6 is 11.8 Å². The Morgan fingerprint density at radius 3 is 2.13 bits per heavy atom. The zero-order valence-electron chi connectivity index (χ0n) is 8.64. The monoisotopic (exact) mass is 234 g/mol. The molecule has 0 saturated heterocycles. The van der Waals surface area contributed by atoms with Gasteiger partial charge in [0.1, 0.15) is 5.25 Å². The second-order valence-electron chi connectivity index (χ2n) is 3.29. The number of thioether (sulfide) groups is 1. The molecule has 1 unspecified atom stereocenters. The van der Waals surface area contributed by atoms with Crippen LogP contribution in [0.2, 0.25) is 0 Å². The zero-order chi connectivity index (χ0) is 11.5. The minimum atomic E-state index is -4.17. The Kier molecular flexibility index (Phi) is 4.08. The van der Waals surface area contributed by atoms with E-state index in [0.717, 1.165) is 17.3 Å². The molecule has 84 valence electrons. The van der Waals surface area contributed by atoms with Crippen LogP contribution in [0, 0.1) is 6.92 Å². The summed E-state index contributed by atoms with van der Waals surface area (Å²) in [6, 6.07) is 6.53. The molecular weight excluding hydrogens is 221 g/mol. The van der Waals surface area contributed by atoms with Crippen LogP contribution < -0.4 is 0 Å². The fraction of sp³-hybridized carbons (Fsp3) is 0.455. The molecule has 0 nitrogen and oxygen atoms in total. The highest BCUT2D eigenvalue weighted by molar-refractivity contribution is 7.99. The largest absolute Gasteiger partial charge is 0.404 e. The molecule has 0 aliphatic heterocycles. The second kappa shape index (κ2) is 4.92. The van der Waals surface area contributed by atoms with Crippen LogP contribution in [0.25, 0.3) is 0 Å². The number of benzene rings is 1. The molecule has 0 spiro atoms. The number of halogens is 3. The van der Waals surface area contributed by atoms with E-state index >= 15 is 0 Å². The van der Waals surface area contributed by atoms with Crippen LogP contribution in [0.15, 0.2) is 24.3 Å². The Morgan fingerprint density at radius 1 is 1.20 bits per heavy atom. The standard InChI is InChI=1S/C11H13F3S/c1-3-15-10(11(12,13)14)9-6-4-8(2)5-7-9/h4-7,10H,3H2,1-2H3. The molecule has 0 aliphatic carbocycles. The van der Waals surface area contributed by atoms with Gasteiger partial charge in [-0.25, -0.2) is 0 Å². The Hall–Kier alpha value is -0.640. The third-order valence-electron chi connectivity index (χ3n) is 2.01. The zero-order valence-corrected chi connectivity index (χ0v) is 9.45. The summed E-state index contributed by atoms with van der Waals surface area (Å²) < 4.78 is 38.0. The fourth-order valence-corrected chi connectivity index (χ4v) is 2.16. The van der Waals surface area contributed by atoms with Gasteiger partial charge < -0.3 is 0 Å². The molecule has 0 N–H and O–H groups in total. The number of alkyl halides is 3. The van der Waals surface area contributed by atoms with Gasteiger partial charge in [0.05, 0.1) is 0 Å². The van der Waals surface area contributed by atoms with Gasteiger partial charge in [-0.05, 0) is 18.2 Å². The van der Waals surface area contributed by atoms with Crippen molar-refractivity contribution in [3.05, 3.63) is 35.4 Å². The van der Waals surface area contributed by atoms with Crippen LogP contribution in [0.1, 0.15) is 23.3 Å². The van der Waals surface area contributed by atoms with E-state index in [-0.39, 0.29) is 0 Å². The van der Waals surface area contributed by atoms with Crippen molar-refractivity contribution in [2.75, 3.05) is 5.75 Å². The van der Waals surface area contributed by atoms with Gasteiger partial charge in [0.15, 0.2) is 0 Å². The summed E-state index contributed by atoms with van der Waals surface area (Å²) in [6.45, 7) is 3.59. The van der Waals surface area contributed by atoms with Crippen molar-refractivity contribution in [2.45, 2.75) is 25.3 Å². The molecule has 1 aromatic carbocycles. The van der Waals surface area contributed by atoms with Crippen molar-refractivity contribution in [1.29, 1.82) is 0 Å². The first kappa shape index (κ1) is 12.4. The quantitative estimate of drug-likeness (QED) is 0.749. The van der Waals surface area contributed by atoms with Gasteiger partial charge in [0, 0.05) is 0 Å². The first-order chi connectivity index (χ1) is 6.95. The predicted octanol–water partition coefficient (Wildman–Crippen LogP) is 4.35. The molecule has 1 aromatic rings. The lowest BCUT2D eigenvalue weighted by Crippen LogP contribution is -2.18. The van der Waals surface area contributed by atoms with Gasteiger partial charge in [0.25, 0.3) is 0 Å². The summed E-state index contributed by atoms with van der Waals surface area (Å²) in [4.78, 5) is 0. The highest BCUT2D eigenvalue weighted by Crippen LogP contribution is 2.42. The highest BCUT2D eigenvalue weighted by Gasteiger charge is 2.40. The molecule has 15 heavy (non-hydrogen) atoms. The molecule has 1 atom stereocenters. The fourth-order valence-electron chi connectivity index (χ4n) is 1.29. The first-order valence-corrected chi connectivity index (χ1v) is 5.75. The van der Waals surface area contributed by atoms with E-state index in [4.69, 9.17) is 0 Å². The lowest BCUT2D eigenvalue weighted by molar-refractivity contribution is -0.129. The molecule has 0 radical (unpaired) electrons. The molecule has 0 aromatic heterocycles. The Morgan fingerprint density at radius 2 is 1.73 bits per heavy atom. The Bertz CT molecular complexity index is 303. The molecular formula is C11H13F3S. The topological polar surface area (TPSA) is 0 Å². The molecule has 0 amide bonds. The van der Waals surface area contributed by atoms with Crippen LogP contribution in [0.4, 0.5) is 13.2 Å². The minimum Gasteiger partial charge on any atom is -0.169 e. The van der Waals surface area contributed by atoms with Gasteiger partial charge in [-0.15, -0.1) is 11.8 Å². The third-order valence-corrected chi connectivity index (χ3v) is 3.22. The van der Waals surface area contributed by atoms with Gasteiger partial charge in [-0.2, -0.15) is 13.2 Å². The summed E-state index contributed by atoms with van der Waals surface area (Å²) in [5.41, 5.74) is 1.31. The third kappa shape index (κ3) is 3.45. The average Bonchev–Trinajstić information content (AvgIpc) is 2.14. The summed E-state index contributed by atoms with van der Waals surface area (Å²) in [7, 11) is 0. The van der Waals surface area contributed by atoms with Gasteiger partial charge in [-0.3, -0.25) is 0 Å². The summed E-state index contributed by atoms with van der Waals surface area (Å²) >= 11 is 0.917. The van der Waals surface area contributed by atoms with Crippen molar-refractivity contribution < 1.29 is 13.2 Å². The Labute approximate surface area is 91.9 Å². The summed E-state index contributed by atoms with van der Waals surface area (Å²) in [5.74, 6) is 0.456. The molecule has 0 bridgehead atoms. The molecule has 0 saturated carbocycles. The average molecular weight is 234 g/mol. The maximum atomic E-state index is 12.7. The van der Waals surface area contributed by atoms with Crippen LogP contribution in [-0.4, -0.2) is 11.9 Å². The van der Waals surface area contributed by atoms with Crippen molar-refractivity contribution in [2.24, 2.45) is 0 Å². The molecule has 4 heteroatoms. The number of aryl methyl sites for hydroxylation is 1. The van der Waals surface area contributed by atoms with Crippen molar-refractivity contribution in [1.82, 2.24) is 0 Å². The van der Waals surface area contributed by atoms with Gasteiger partial charge in [0.2, 0.25) is 0 Å². The van der Waals surface area contributed by atoms with E-state index in [2.05, 4.69) is 0 Å². The van der Waals surface area contributed by atoms with Crippen LogP contribution in [0.3, 0.4) is 0 Å². The lowest BCUT2D eigenvalue weighted by Gasteiger charge is -2.19. The van der Waals surface area contributed by atoms with Crippen LogP contribution in [0.5, 0.6) is 0 Å². The maximum Gasteiger partial charge on any atom is 0.404 e. The van der Waals surface area contributed by atoms with Gasteiger partial charge >= 0.3 is 6.18 Å². The molecule has 0 heterocycles. The van der Waals surface area contributed by atoms with E-state index in [0.29, 0.717) is 11.3 Å². The summed E-state index contributed by atoms with van der Waals surface area (Å²) in [6.07, 6.45) is -4.17. The highest BCUT2D eigenvalue weighted by atomic mass is 32.2. The van der Waals surface area contributed by atoms with Crippen molar-refractivity contribution in [3.8, 4) is 0 Å². The molecule has 0 aliphatic rings. The Balaban J connectivity index is 2.94. The SMILES string of the molecule is CCSC(c1ccc(C)cc1)C(F)(F)F. The number of hydrogen-bond acceptors (Lipinski definition) is 1. The first-order valence-electron chi connectivity index (χ1n) is 4.70. The van der Waals surface area contributed by atoms with Crippen molar-refractivity contribution in [3.63, 3.8) is 0 Å². The lowest BCUT2D eigenvalue weighted by atomic mass is 10.1. The maximum absolute atomic E-state index is 12.7. The van der Waals surface area contributed by atoms with E-state index in [9.17, 15) is 13.2 Å². The smallest absolute Gasteiger partial charge is 0.169 e. The predicted molar refractivity (Wildman–Crippen MR) is 58.1 cm³/mol. The summed E-state index contributed by atoms with van der Waals surface area (Å²) in [5, 5.41) is -1.40.